The third-order valence-electron chi connectivity index (χ3n) is 2.44. The fraction of sp³-hybridized carbons (Fsp3) is 0.364. The van der Waals surface area contributed by atoms with Crippen LogP contribution in [0, 0.1) is 0 Å². The van der Waals surface area contributed by atoms with Crippen molar-refractivity contribution in [3.63, 3.8) is 0 Å². The quantitative estimate of drug-likeness (QED) is 0.798. The lowest BCUT2D eigenvalue weighted by molar-refractivity contribution is -0.147. The van der Waals surface area contributed by atoms with Gasteiger partial charge in [0.15, 0.2) is 27.4 Å². The fourth-order valence-electron chi connectivity index (χ4n) is 1.54. The predicted octanol–water partition coefficient (Wildman–Crippen LogP) is 0.225. The van der Waals surface area contributed by atoms with Gasteiger partial charge in [0.2, 0.25) is 0 Å². The molecule has 0 saturated carbocycles. The van der Waals surface area contributed by atoms with E-state index in [1.54, 1.807) is 0 Å². The number of benzene rings is 1. The molecule has 8 heteroatoms. The second-order valence-electron chi connectivity index (χ2n) is 3.76. The number of hydrogen-bond donors (Lipinski definition) is 2. The van der Waals surface area contributed by atoms with E-state index in [0.29, 0.717) is 0 Å². The zero-order valence-electron chi connectivity index (χ0n) is 10.6. The van der Waals surface area contributed by atoms with E-state index in [-0.39, 0.29) is 22.0 Å². The summed E-state index contributed by atoms with van der Waals surface area (Å²) in [6.45, 7) is 0. The molecule has 19 heavy (non-hydrogen) atoms. The number of aliphatic hydroxyl groups is 1. The number of methoxy groups -OCH3 is 2. The molecular weight excluding hydrogens is 276 g/mol. The number of carbonyl (C=O) groups is 1. The Morgan fingerprint density at radius 2 is 1.68 bits per heavy atom. The van der Waals surface area contributed by atoms with Gasteiger partial charge < -0.3 is 19.7 Å². The smallest absolute Gasteiger partial charge is 0.337 e. The van der Waals surface area contributed by atoms with Crippen LogP contribution in [-0.2, 0) is 14.6 Å². The van der Waals surface area contributed by atoms with Gasteiger partial charge in [0.25, 0.3) is 0 Å². The summed E-state index contributed by atoms with van der Waals surface area (Å²) in [7, 11) is -1.10. The Balaban J connectivity index is 3.63. The lowest BCUT2D eigenvalue weighted by Gasteiger charge is -2.15. The molecule has 1 atom stereocenters. The minimum absolute atomic E-state index is 0.129. The third kappa shape index (κ3) is 3.15. The summed E-state index contributed by atoms with van der Waals surface area (Å²) in [5.41, 5.74) is -0.271. The van der Waals surface area contributed by atoms with Crippen molar-refractivity contribution in [1.29, 1.82) is 0 Å². The SMILES string of the molecule is COc1cc(C(O)C(=O)O)c(S(C)(=O)=O)cc1OC. The Kier molecular flexibility index (Phi) is 4.38. The first-order valence-electron chi connectivity index (χ1n) is 5.09. The zero-order valence-corrected chi connectivity index (χ0v) is 11.4. The number of carboxylic acids is 1. The van der Waals surface area contributed by atoms with Crippen LogP contribution < -0.4 is 9.47 Å². The van der Waals surface area contributed by atoms with Crippen molar-refractivity contribution < 1.29 is 32.9 Å². The molecule has 1 aromatic rings. The van der Waals surface area contributed by atoms with Gasteiger partial charge in [0.1, 0.15) is 0 Å². The van der Waals surface area contributed by atoms with Crippen LogP contribution in [0.5, 0.6) is 11.5 Å². The molecule has 0 bridgehead atoms. The molecule has 7 nitrogen and oxygen atoms in total. The van der Waals surface area contributed by atoms with Crippen LogP contribution in [0.4, 0.5) is 0 Å². The number of aliphatic hydroxyl groups excluding tert-OH is 1. The predicted molar refractivity (Wildman–Crippen MR) is 65.3 cm³/mol. The van der Waals surface area contributed by atoms with Gasteiger partial charge in [-0.3, -0.25) is 0 Å². The minimum atomic E-state index is -3.73. The second kappa shape index (κ2) is 5.45. The molecule has 0 aromatic heterocycles. The van der Waals surface area contributed by atoms with Crippen LogP contribution >= 0.6 is 0 Å². The molecule has 0 radical (unpaired) electrons. The van der Waals surface area contributed by atoms with Crippen molar-refractivity contribution in [3.8, 4) is 11.5 Å². The van der Waals surface area contributed by atoms with Gasteiger partial charge in [-0.05, 0) is 6.07 Å². The largest absolute Gasteiger partial charge is 0.493 e. The normalized spacial score (nSPS) is 12.8. The molecule has 2 N–H and O–H groups in total. The number of ether oxygens (including phenoxy) is 2. The van der Waals surface area contributed by atoms with Gasteiger partial charge in [-0.15, -0.1) is 0 Å². The Labute approximate surface area is 110 Å². The summed E-state index contributed by atoms with van der Waals surface area (Å²) in [4.78, 5) is 10.5. The molecule has 1 unspecified atom stereocenters. The summed E-state index contributed by atoms with van der Waals surface area (Å²) in [5.74, 6) is -1.30. The van der Waals surface area contributed by atoms with Gasteiger partial charge >= 0.3 is 5.97 Å². The number of aliphatic carboxylic acids is 1. The fourth-order valence-corrected chi connectivity index (χ4v) is 2.46. The van der Waals surface area contributed by atoms with E-state index in [1.165, 1.54) is 14.2 Å². The monoisotopic (exact) mass is 290 g/mol. The van der Waals surface area contributed by atoms with Gasteiger partial charge in [0.05, 0.1) is 19.1 Å². The first kappa shape index (κ1) is 15.3. The summed E-state index contributed by atoms with van der Waals surface area (Å²) in [6.07, 6.45) is -1.06. The van der Waals surface area contributed by atoms with E-state index in [1.807, 2.05) is 0 Å². The average Bonchev–Trinajstić information content (AvgIpc) is 2.34. The minimum Gasteiger partial charge on any atom is -0.493 e. The van der Waals surface area contributed by atoms with Crippen molar-refractivity contribution in [2.45, 2.75) is 11.0 Å². The second-order valence-corrected chi connectivity index (χ2v) is 5.74. The maximum absolute atomic E-state index is 11.6. The Hall–Kier alpha value is -1.80. The molecule has 1 aromatic carbocycles. The molecule has 0 heterocycles. The summed E-state index contributed by atoms with van der Waals surface area (Å²) in [5, 5.41) is 18.4. The molecule has 0 aliphatic heterocycles. The van der Waals surface area contributed by atoms with Gasteiger partial charge in [-0.1, -0.05) is 0 Å². The molecular formula is C11H14O7S. The van der Waals surface area contributed by atoms with Crippen LogP contribution in [0.15, 0.2) is 17.0 Å². The van der Waals surface area contributed by atoms with Crippen molar-refractivity contribution in [1.82, 2.24) is 0 Å². The Morgan fingerprint density at radius 1 is 1.21 bits per heavy atom. The Bertz CT molecular complexity index is 591. The van der Waals surface area contributed by atoms with Crippen LogP contribution in [-0.4, -0.2) is 45.1 Å². The van der Waals surface area contributed by atoms with E-state index in [2.05, 4.69) is 0 Å². The summed E-state index contributed by atoms with van der Waals surface area (Å²) >= 11 is 0. The van der Waals surface area contributed by atoms with Gasteiger partial charge in [-0.2, -0.15) is 0 Å². The number of rotatable bonds is 5. The highest BCUT2D eigenvalue weighted by Gasteiger charge is 2.26. The molecule has 0 aliphatic carbocycles. The van der Waals surface area contributed by atoms with Crippen LogP contribution in [0.2, 0.25) is 0 Å². The maximum atomic E-state index is 11.6. The highest BCUT2D eigenvalue weighted by Crippen LogP contribution is 2.35. The number of sulfone groups is 1. The number of carboxylic acid groups (broad SMARTS) is 1. The standard InChI is InChI=1S/C11H14O7S/c1-17-7-4-6(10(12)11(13)14)9(19(3,15)16)5-8(7)18-2/h4-5,10,12H,1-3H3,(H,13,14). The molecule has 1 rings (SSSR count). The first-order chi connectivity index (χ1) is 8.72. The van der Waals surface area contributed by atoms with Crippen LogP contribution in [0.1, 0.15) is 11.7 Å². The topological polar surface area (TPSA) is 110 Å². The van der Waals surface area contributed by atoms with Crippen molar-refractivity contribution in [2.75, 3.05) is 20.5 Å². The maximum Gasteiger partial charge on any atom is 0.337 e. The van der Waals surface area contributed by atoms with Crippen LogP contribution in [0.25, 0.3) is 0 Å². The molecule has 0 aliphatic rings. The van der Waals surface area contributed by atoms with Crippen molar-refractivity contribution in [2.24, 2.45) is 0 Å². The molecule has 0 spiro atoms. The van der Waals surface area contributed by atoms with Gasteiger partial charge in [0, 0.05) is 17.9 Å². The summed E-state index contributed by atoms with van der Waals surface area (Å²) < 4.78 is 33.2. The highest BCUT2D eigenvalue weighted by atomic mass is 32.2. The first-order valence-corrected chi connectivity index (χ1v) is 6.98. The van der Waals surface area contributed by atoms with Crippen LogP contribution in [0.3, 0.4) is 0 Å². The highest BCUT2D eigenvalue weighted by molar-refractivity contribution is 7.90. The number of hydrogen-bond acceptors (Lipinski definition) is 6. The van der Waals surface area contributed by atoms with Gasteiger partial charge in [-0.25, -0.2) is 13.2 Å². The van der Waals surface area contributed by atoms with E-state index < -0.39 is 21.9 Å². The zero-order chi connectivity index (χ0) is 14.8. The molecule has 0 amide bonds. The molecule has 0 saturated heterocycles. The lowest BCUT2D eigenvalue weighted by Crippen LogP contribution is -2.15. The summed E-state index contributed by atoms with van der Waals surface area (Å²) in [6, 6.07) is 2.25. The van der Waals surface area contributed by atoms with E-state index >= 15 is 0 Å². The Morgan fingerprint density at radius 3 is 2.05 bits per heavy atom. The molecule has 106 valence electrons. The third-order valence-corrected chi connectivity index (χ3v) is 3.60. The van der Waals surface area contributed by atoms with E-state index in [9.17, 15) is 18.3 Å². The van der Waals surface area contributed by atoms with E-state index in [0.717, 1.165) is 18.4 Å². The molecule has 0 fully saturated rings. The average molecular weight is 290 g/mol. The van der Waals surface area contributed by atoms with Crippen molar-refractivity contribution in [3.05, 3.63) is 17.7 Å². The van der Waals surface area contributed by atoms with E-state index in [4.69, 9.17) is 14.6 Å². The lowest BCUT2D eigenvalue weighted by atomic mass is 10.1. The van der Waals surface area contributed by atoms with Crippen molar-refractivity contribution >= 4 is 15.8 Å².